The van der Waals surface area contributed by atoms with Gasteiger partial charge in [0.1, 0.15) is 12.7 Å². The molecular weight excluding hydrogens is 352 g/mol. The SMILES string of the molecule is CCC(C)CCCCCCCCCCCCCCCCC(=O)OC[C@H](O)CO. The predicted octanol–water partition coefficient (Wildman–Crippen LogP) is 6.17. The number of hydrogen-bond acceptors (Lipinski definition) is 4. The average molecular weight is 401 g/mol. The lowest BCUT2D eigenvalue weighted by molar-refractivity contribution is -0.147. The molecule has 0 bridgehead atoms. The first-order valence-electron chi connectivity index (χ1n) is 12.0. The van der Waals surface area contributed by atoms with Gasteiger partial charge in [0.05, 0.1) is 6.61 Å². The second-order valence-corrected chi connectivity index (χ2v) is 8.52. The molecule has 0 fully saturated rings. The molecule has 0 aromatic heterocycles. The summed E-state index contributed by atoms with van der Waals surface area (Å²) in [6.07, 6.45) is 20.5. The van der Waals surface area contributed by atoms with E-state index in [4.69, 9.17) is 14.9 Å². The Bertz CT molecular complexity index is 333. The van der Waals surface area contributed by atoms with Gasteiger partial charge in [0.15, 0.2) is 0 Å². The van der Waals surface area contributed by atoms with Crippen molar-refractivity contribution in [2.24, 2.45) is 5.92 Å². The number of hydrogen-bond donors (Lipinski definition) is 2. The fourth-order valence-electron chi connectivity index (χ4n) is 3.40. The van der Waals surface area contributed by atoms with E-state index in [1.807, 2.05) is 0 Å². The van der Waals surface area contributed by atoms with Crippen LogP contribution in [0.4, 0.5) is 0 Å². The van der Waals surface area contributed by atoms with Crippen LogP contribution in [0.5, 0.6) is 0 Å². The van der Waals surface area contributed by atoms with E-state index in [0.717, 1.165) is 18.8 Å². The molecule has 0 rings (SSSR count). The van der Waals surface area contributed by atoms with Crippen LogP contribution < -0.4 is 0 Å². The third kappa shape index (κ3) is 20.1. The van der Waals surface area contributed by atoms with E-state index < -0.39 is 6.10 Å². The molecule has 0 aliphatic rings. The number of carbonyl (C=O) groups excluding carboxylic acids is 1. The molecule has 28 heavy (non-hydrogen) atoms. The molecule has 0 radical (unpaired) electrons. The molecule has 0 aromatic carbocycles. The Kier molecular flexibility index (Phi) is 20.6. The van der Waals surface area contributed by atoms with Crippen LogP contribution in [0.25, 0.3) is 0 Å². The predicted molar refractivity (Wildman–Crippen MR) is 117 cm³/mol. The van der Waals surface area contributed by atoms with Crippen molar-refractivity contribution in [2.45, 2.75) is 129 Å². The van der Waals surface area contributed by atoms with E-state index in [1.165, 1.54) is 89.9 Å². The van der Waals surface area contributed by atoms with Gasteiger partial charge in [-0.3, -0.25) is 4.79 Å². The van der Waals surface area contributed by atoms with Gasteiger partial charge in [-0.05, 0) is 12.3 Å². The Balaban J connectivity index is 3.15. The summed E-state index contributed by atoms with van der Waals surface area (Å²) in [7, 11) is 0. The summed E-state index contributed by atoms with van der Waals surface area (Å²) in [5.74, 6) is 0.636. The molecule has 0 aliphatic heterocycles. The van der Waals surface area contributed by atoms with E-state index in [0.29, 0.717) is 6.42 Å². The number of unbranched alkanes of at least 4 members (excludes halogenated alkanes) is 13. The van der Waals surface area contributed by atoms with Gasteiger partial charge in [-0.15, -0.1) is 0 Å². The molecule has 0 heterocycles. The monoisotopic (exact) mass is 400 g/mol. The van der Waals surface area contributed by atoms with Gasteiger partial charge in [0.25, 0.3) is 0 Å². The molecule has 4 nitrogen and oxygen atoms in total. The quantitative estimate of drug-likeness (QED) is 0.179. The van der Waals surface area contributed by atoms with Crippen LogP contribution in [0.3, 0.4) is 0 Å². The smallest absolute Gasteiger partial charge is 0.305 e. The summed E-state index contributed by atoms with van der Waals surface area (Å²) in [5, 5.41) is 17.8. The van der Waals surface area contributed by atoms with Gasteiger partial charge in [0.2, 0.25) is 0 Å². The van der Waals surface area contributed by atoms with Crippen LogP contribution in [0.15, 0.2) is 0 Å². The lowest BCUT2D eigenvalue weighted by Gasteiger charge is -2.08. The molecule has 4 heteroatoms. The molecule has 0 aliphatic carbocycles. The number of aliphatic hydroxyl groups excluding tert-OH is 2. The minimum Gasteiger partial charge on any atom is -0.463 e. The standard InChI is InChI=1S/C24H48O4/c1-3-22(2)18-16-14-12-10-8-6-4-5-7-9-11-13-15-17-19-24(27)28-21-23(26)20-25/h22-23,25-26H,3-21H2,1-2H3/t22?,23-/m1/s1. The molecule has 1 unspecified atom stereocenters. The molecule has 0 aromatic rings. The van der Waals surface area contributed by atoms with Gasteiger partial charge < -0.3 is 14.9 Å². The van der Waals surface area contributed by atoms with Crippen LogP contribution in [0.2, 0.25) is 0 Å². The maximum atomic E-state index is 11.4. The van der Waals surface area contributed by atoms with Crippen molar-refractivity contribution < 1.29 is 19.7 Å². The van der Waals surface area contributed by atoms with E-state index in [1.54, 1.807) is 0 Å². The Morgan fingerprint density at radius 2 is 1.21 bits per heavy atom. The summed E-state index contributed by atoms with van der Waals surface area (Å²) in [4.78, 5) is 11.4. The minimum atomic E-state index is -0.955. The maximum Gasteiger partial charge on any atom is 0.305 e. The lowest BCUT2D eigenvalue weighted by Crippen LogP contribution is -2.21. The van der Waals surface area contributed by atoms with E-state index in [2.05, 4.69) is 13.8 Å². The molecular formula is C24H48O4. The first-order valence-corrected chi connectivity index (χ1v) is 12.0. The first kappa shape index (κ1) is 27.4. The zero-order chi connectivity index (χ0) is 20.9. The Morgan fingerprint density at radius 3 is 1.64 bits per heavy atom. The first-order chi connectivity index (χ1) is 13.6. The van der Waals surface area contributed by atoms with E-state index >= 15 is 0 Å². The van der Waals surface area contributed by atoms with Crippen molar-refractivity contribution in [2.75, 3.05) is 13.2 Å². The normalized spacial score (nSPS) is 13.4. The third-order valence-corrected chi connectivity index (χ3v) is 5.67. The van der Waals surface area contributed by atoms with Gasteiger partial charge in [-0.25, -0.2) is 0 Å². The van der Waals surface area contributed by atoms with Crippen molar-refractivity contribution in [3.63, 3.8) is 0 Å². The van der Waals surface area contributed by atoms with E-state index in [9.17, 15) is 4.79 Å². The zero-order valence-corrected chi connectivity index (χ0v) is 18.8. The Labute approximate surface area is 174 Å². The molecule has 0 saturated carbocycles. The fraction of sp³-hybridized carbons (Fsp3) is 0.958. The Morgan fingerprint density at radius 1 is 0.786 bits per heavy atom. The average Bonchev–Trinajstić information content (AvgIpc) is 2.71. The van der Waals surface area contributed by atoms with Gasteiger partial charge >= 0.3 is 5.97 Å². The highest BCUT2D eigenvalue weighted by Crippen LogP contribution is 2.16. The van der Waals surface area contributed by atoms with Crippen LogP contribution in [0, 0.1) is 5.92 Å². The lowest BCUT2D eigenvalue weighted by atomic mass is 9.99. The highest BCUT2D eigenvalue weighted by Gasteiger charge is 2.07. The highest BCUT2D eigenvalue weighted by atomic mass is 16.5. The largest absolute Gasteiger partial charge is 0.463 e. The van der Waals surface area contributed by atoms with Gasteiger partial charge in [-0.1, -0.05) is 110 Å². The van der Waals surface area contributed by atoms with Crippen LogP contribution in [0.1, 0.15) is 123 Å². The molecule has 2 atom stereocenters. The van der Waals surface area contributed by atoms with Gasteiger partial charge in [0, 0.05) is 6.42 Å². The summed E-state index contributed by atoms with van der Waals surface area (Å²) in [6, 6.07) is 0. The van der Waals surface area contributed by atoms with Crippen molar-refractivity contribution in [1.82, 2.24) is 0 Å². The molecule has 0 spiro atoms. The topological polar surface area (TPSA) is 66.8 Å². The van der Waals surface area contributed by atoms with Crippen molar-refractivity contribution >= 4 is 5.97 Å². The number of rotatable bonds is 21. The number of ether oxygens (including phenoxy) is 1. The summed E-state index contributed by atoms with van der Waals surface area (Å²) in [5.41, 5.74) is 0. The Hall–Kier alpha value is -0.610. The molecule has 0 amide bonds. The zero-order valence-electron chi connectivity index (χ0n) is 18.8. The second kappa shape index (κ2) is 21.1. The summed E-state index contributed by atoms with van der Waals surface area (Å²) >= 11 is 0. The van der Waals surface area contributed by atoms with Crippen molar-refractivity contribution in [3.05, 3.63) is 0 Å². The van der Waals surface area contributed by atoms with Crippen LogP contribution in [-0.4, -0.2) is 35.5 Å². The molecule has 2 N–H and O–H groups in total. The van der Waals surface area contributed by atoms with Crippen LogP contribution >= 0.6 is 0 Å². The van der Waals surface area contributed by atoms with Crippen LogP contribution in [-0.2, 0) is 9.53 Å². The highest BCUT2D eigenvalue weighted by molar-refractivity contribution is 5.69. The molecule has 0 saturated heterocycles. The van der Waals surface area contributed by atoms with Crippen molar-refractivity contribution in [1.29, 1.82) is 0 Å². The maximum absolute atomic E-state index is 11.4. The molecule has 168 valence electrons. The number of carbonyl (C=O) groups is 1. The second-order valence-electron chi connectivity index (χ2n) is 8.52. The van der Waals surface area contributed by atoms with Crippen molar-refractivity contribution in [3.8, 4) is 0 Å². The summed E-state index contributed by atoms with van der Waals surface area (Å²) in [6.45, 7) is 4.18. The van der Waals surface area contributed by atoms with Gasteiger partial charge in [-0.2, -0.15) is 0 Å². The minimum absolute atomic E-state index is 0.104. The third-order valence-electron chi connectivity index (χ3n) is 5.67. The summed E-state index contributed by atoms with van der Waals surface area (Å²) < 4.78 is 4.88. The van der Waals surface area contributed by atoms with E-state index in [-0.39, 0.29) is 19.2 Å². The number of esters is 1. The fourth-order valence-corrected chi connectivity index (χ4v) is 3.40. The number of aliphatic hydroxyl groups is 2.